The standard InChI is InChI=1S/C7H8O6/c1-13-5(2-6(9)10)4(3-8)7(11)12/h5H,2H2,1H3,(H,9,10)(H,11,12). The van der Waals surface area contributed by atoms with Crippen LogP contribution in [-0.2, 0) is 19.1 Å². The molecule has 0 aromatic heterocycles. The summed E-state index contributed by atoms with van der Waals surface area (Å²) in [6, 6.07) is 0. The zero-order valence-corrected chi connectivity index (χ0v) is 6.81. The van der Waals surface area contributed by atoms with Crippen molar-refractivity contribution in [2.24, 2.45) is 0 Å². The topological polar surface area (TPSA) is 101 Å². The molecule has 2 N–H and O–H groups in total. The van der Waals surface area contributed by atoms with Crippen molar-refractivity contribution in [1.29, 1.82) is 0 Å². The van der Waals surface area contributed by atoms with Crippen LogP contribution in [0, 0.1) is 0 Å². The van der Waals surface area contributed by atoms with E-state index in [4.69, 9.17) is 10.2 Å². The van der Waals surface area contributed by atoms with Gasteiger partial charge >= 0.3 is 11.9 Å². The largest absolute Gasteiger partial charge is 0.481 e. The third kappa shape index (κ3) is 3.50. The number of carbonyl (C=O) groups excluding carboxylic acids is 1. The number of carboxylic acids is 2. The van der Waals surface area contributed by atoms with Crippen LogP contribution >= 0.6 is 0 Å². The Morgan fingerprint density at radius 3 is 2.23 bits per heavy atom. The van der Waals surface area contributed by atoms with Crippen LogP contribution in [-0.4, -0.2) is 41.3 Å². The molecule has 13 heavy (non-hydrogen) atoms. The molecule has 0 aliphatic rings. The summed E-state index contributed by atoms with van der Waals surface area (Å²) in [7, 11) is 1.12. The molecule has 1 atom stereocenters. The van der Waals surface area contributed by atoms with E-state index in [0.29, 0.717) is 0 Å². The van der Waals surface area contributed by atoms with E-state index >= 15 is 0 Å². The van der Waals surface area contributed by atoms with Crippen LogP contribution in [0.25, 0.3) is 0 Å². The van der Waals surface area contributed by atoms with Crippen molar-refractivity contribution in [2.75, 3.05) is 7.11 Å². The molecule has 0 bridgehead atoms. The molecule has 0 aliphatic carbocycles. The number of hydrogen-bond acceptors (Lipinski definition) is 4. The van der Waals surface area contributed by atoms with E-state index in [1.807, 2.05) is 0 Å². The van der Waals surface area contributed by atoms with E-state index in [2.05, 4.69) is 4.74 Å². The Hall–Kier alpha value is -1.65. The lowest BCUT2D eigenvalue weighted by atomic mass is 10.1. The highest BCUT2D eigenvalue weighted by Crippen LogP contribution is 2.07. The lowest BCUT2D eigenvalue weighted by Crippen LogP contribution is -2.23. The first-order valence-electron chi connectivity index (χ1n) is 3.25. The molecule has 0 fully saturated rings. The molecule has 0 heterocycles. The molecule has 0 aromatic rings. The third-order valence-corrected chi connectivity index (χ3v) is 1.31. The smallest absolute Gasteiger partial charge is 0.345 e. The molecular formula is C7H8O6. The summed E-state index contributed by atoms with van der Waals surface area (Å²) in [5.74, 6) is -1.64. The van der Waals surface area contributed by atoms with Gasteiger partial charge in [0, 0.05) is 7.11 Å². The van der Waals surface area contributed by atoms with Crippen molar-refractivity contribution in [1.82, 2.24) is 0 Å². The predicted octanol–water partition coefficient (Wildman–Crippen LogP) is -0.681. The summed E-state index contributed by atoms with van der Waals surface area (Å²) >= 11 is 0. The second kappa shape index (κ2) is 5.08. The fourth-order valence-corrected chi connectivity index (χ4v) is 0.709. The first kappa shape index (κ1) is 11.4. The minimum atomic E-state index is -1.52. The second-order valence-corrected chi connectivity index (χ2v) is 2.14. The Labute approximate surface area is 73.4 Å². The van der Waals surface area contributed by atoms with Gasteiger partial charge in [-0.2, -0.15) is 0 Å². The number of carbonyl (C=O) groups is 2. The molecule has 1 unspecified atom stereocenters. The SMILES string of the molecule is COC(CC(=O)O)C(=C=O)C(=O)O. The first-order chi connectivity index (χ1) is 6.02. The third-order valence-electron chi connectivity index (χ3n) is 1.31. The first-order valence-corrected chi connectivity index (χ1v) is 3.25. The van der Waals surface area contributed by atoms with Crippen LogP contribution in [0.15, 0.2) is 5.57 Å². The van der Waals surface area contributed by atoms with Crippen molar-refractivity contribution in [3.63, 3.8) is 0 Å². The molecule has 0 rings (SSSR count). The van der Waals surface area contributed by atoms with Crippen LogP contribution in [0.5, 0.6) is 0 Å². The fourth-order valence-electron chi connectivity index (χ4n) is 0.709. The monoisotopic (exact) mass is 188 g/mol. The average Bonchev–Trinajstić information content (AvgIpc) is 2.02. The van der Waals surface area contributed by atoms with Gasteiger partial charge in [-0.25, -0.2) is 9.59 Å². The molecule has 0 amide bonds. The molecule has 0 aliphatic heterocycles. The number of hydrogen-bond donors (Lipinski definition) is 2. The summed E-state index contributed by atoms with van der Waals surface area (Å²) in [4.78, 5) is 30.6. The maximum Gasteiger partial charge on any atom is 0.345 e. The zero-order valence-electron chi connectivity index (χ0n) is 6.81. The normalized spacial score (nSPS) is 11.5. The van der Waals surface area contributed by atoms with Crippen molar-refractivity contribution >= 4 is 17.9 Å². The number of carboxylic acid groups (broad SMARTS) is 2. The van der Waals surface area contributed by atoms with Gasteiger partial charge in [-0.1, -0.05) is 0 Å². The molecule has 0 radical (unpaired) electrons. The molecular weight excluding hydrogens is 180 g/mol. The van der Waals surface area contributed by atoms with Gasteiger partial charge in [0.1, 0.15) is 17.6 Å². The van der Waals surface area contributed by atoms with E-state index in [1.54, 1.807) is 0 Å². The van der Waals surface area contributed by atoms with Crippen LogP contribution in [0.4, 0.5) is 0 Å². The summed E-state index contributed by atoms with van der Waals surface area (Å²) in [5.41, 5.74) is -0.718. The maximum atomic E-state index is 10.3. The molecule has 6 heteroatoms. The van der Waals surface area contributed by atoms with E-state index in [0.717, 1.165) is 13.1 Å². The predicted molar refractivity (Wildman–Crippen MR) is 39.9 cm³/mol. The minimum Gasteiger partial charge on any atom is -0.481 e. The van der Waals surface area contributed by atoms with Gasteiger partial charge in [-0.15, -0.1) is 0 Å². The Bertz CT molecular complexity index is 262. The zero-order chi connectivity index (χ0) is 10.4. The molecule has 0 saturated carbocycles. The molecule has 6 nitrogen and oxygen atoms in total. The molecule has 0 spiro atoms. The quantitative estimate of drug-likeness (QED) is 0.437. The number of rotatable bonds is 5. The highest BCUT2D eigenvalue weighted by molar-refractivity contribution is 5.97. The Morgan fingerprint density at radius 1 is 1.46 bits per heavy atom. The van der Waals surface area contributed by atoms with Crippen LogP contribution in [0.1, 0.15) is 6.42 Å². The molecule has 72 valence electrons. The molecule has 0 aromatic carbocycles. The second-order valence-electron chi connectivity index (χ2n) is 2.14. The van der Waals surface area contributed by atoms with Gasteiger partial charge in [0.25, 0.3) is 0 Å². The Kier molecular flexibility index (Phi) is 4.43. The van der Waals surface area contributed by atoms with E-state index in [-0.39, 0.29) is 0 Å². The van der Waals surface area contributed by atoms with Gasteiger partial charge in [0.2, 0.25) is 0 Å². The highest BCUT2D eigenvalue weighted by Gasteiger charge is 2.24. The lowest BCUT2D eigenvalue weighted by Gasteiger charge is -2.09. The Morgan fingerprint density at radius 2 is 2.00 bits per heavy atom. The van der Waals surface area contributed by atoms with Gasteiger partial charge in [0.05, 0.1) is 6.42 Å². The maximum absolute atomic E-state index is 10.3. The van der Waals surface area contributed by atoms with Crippen molar-refractivity contribution < 1.29 is 29.3 Å². The number of aliphatic carboxylic acids is 2. The van der Waals surface area contributed by atoms with E-state index in [1.165, 1.54) is 0 Å². The van der Waals surface area contributed by atoms with Crippen LogP contribution in [0.2, 0.25) is 0 Å². The summed E-state index contributed by atoms with van der Waals surface area (Å²) in [6.07, 6.45) is -1.83. The number of methoxy groups -OCH3 is 1. The van der Waals surface area contributed by atoms with E-state index < -0.39 is 30.0 Å². The lowest BCUT2D eigenvalue weighted by molar-refractivity contribution is -0.139. The fraction of sp³-hybridized carbons (Fsp3) is 0.429. The summed E-state index contributed by atoms with van der Waals surface area (Å²) in [5, 5.41) is 16.7. The van der Waals surface area contributed by atoms with Crippen LogP contribution in [0.3, 0.4) is 0 Å². The van der Waals surface area contributed by atoms with Crippen molar-refractivity contribution in [2.45, 2.75) is 12.5 Å². The number of ether oxygens (including phenoxy) is 1. The van der Waals surface area contributed by atoms with Crippen LogP contribution < -0.4 is 0 Å². The van der Waals surface area contributed by atoms with Gasteiger partial charge in [0.15, 0.2) is 0 Å². The van der Waals surface area contributed by atoms with Gasteiger partial charge < -0.3 is 14.9 Å². The van der Waals surface area contributed by atoms with E-state index in [9.17, 15) is 14.4 Å². The average molecular weight is 188 g/mol. The Balaban J connectivity index is 4.65. The minimum absolute atomic E-state index is 0.576. The highest BCUT2D eigenvalue weighted by atomic mass is 16.5. The van der Waals surface area contributed by atoms with Gasteiger partial charge in [-0.3, -0.25) is 4.79 Å². The van der Waals surface area contributed by atoms with Gasteiger partial charge in [-0.05, 0) is 0 Å². The summed E-state index contributed by atoms with van der Waals surface area (Å²) in [6.45, 7) is 0. The molecule has 0 saturated heterocycles. The van der Waals surface area contributed by atoms with Crippen molar-refractivity contribution in [3.8, 4) is 0 Å². The van der Waals surface area contributed by atoms with Crippen molar-refractivity contribution in [3.05, 3.63) is 5.57 Å². The summed E-state index contributed by atoms with van der Waals surface area (Å²) < 4.78 is 4.51.